The predicted molar refractivity (Wildman–Crippen MR) is 72.6 cm³/mol. The summed E-state index contributed by atoms with van der Waals surface area (Å²) in [5, 5.41) is 9.69. The number of β-amino-alcohol motifs (C(OH)–C–C–N with tert-alkyl or cyclic N) is 1. The number of benzene rings is 1. The van der Waals surface area contributed by atoms with E-state index >= 15 is 0 Å². The first kappa shape index (κ1) is 12.4. The maximum absolute atomic E-state index is 9.69. The molecule has 1 aromatic rings. The molecule has 0 fully saturated rings. The van der Waals surface area contributed by atoms with Crippen molar-refractivity contribution >= 4 is 5.69 Å². The van der Waals surface area contributed by atoms with E-state index in [9.17, 15) is 5.11 Å². The molecule has 0 aliphatic carbocycles. The van der Waals surface area contributed by atoms with Gasteiger partial charge in [-0.2, -0.15) is 0 Å². The molecule has 0 saturated carbocycles. The number of hydrogen-bond donors (Lipinski definition) is 1. The summed E-state index contributed by atoms with van der Waals surface area (Å²) < 4.78 is 0. The Labute approximate surface area is 104 Å². The summed E-state index contributed by atoms with van der Waals surface area (Å²) in [4.78, 5) is 2.35. The lowest BCUT2D eigenvalue weighted by molar-refractivity contribution is 0.187. The molecule has 1 aliphatic heterocycles. The van der Waals surface area contributed by atoms with Crippen LogP contribution in [0, 0.1) is 0 Å². The normalized spacial score (nSPS) is 24.3. The molecule has 1 aromatic carbocycles. The Balaban J connectivity index is 2.44. The number of aliphatic hydroxyl groups is 1. The van der Waals surface area contributed by atoms with Crippen molar-refractivity contribution in [1.29, 1.82) is 0 Å². The topological polar surface area (TPSA) is 23.5 Å². The van der Waals surface area contributed by atoms with Gasteiger partial charge in [-0.1, -0.05) is 25.1 Å². The third kappa shape index (κ3) is 2.32. The van der Waals surface area contributed by atoms with Gasteiger partial charge < -0.3 is 10.0 Å². The highest BCUT2D eigenvalue weighted by Crippen LogP contribution is 2.42. The number of aliphatic hydroxyl groups excluding tert-OH is 1. The van der Waals surface area contributed by atoms with Crippen molar-refractivity contribution in [3.8, 4) is 0 Å². The number of para-hydroxylation sites is 1. The Hall–Kier alpha value is -1.02. The SMILES string of the molecule is CC(O)CN1c2ccccc2C(C)CC1(C)C. The average molecular weight is 233 g/mol. The number of fused-ring (bicyclic) bond motifs is 1. The van der Waals surface area contributed by atoms with Crippen molar-refractivity contribution in [2.24, 2.45) is 0 Å². The molecule has 0 spiro atoms. The second-order valence-corrected chi connectivity index (χ2v) is 5.94. The summed E-state index contributed by atoms with van der Waals surface area (Å²) in [7, 11) is 0. The van der Waals surface area contributed by atoms with Crippen LogP contribution in [-0.2, 0) is 0 Å². The zero-order chi connectivity index (χ0) is 12.6. The Morgan fingerprint density at radius 3 is 2.71 bits per heavy atom. The molecular formula is C15H23NO. The number of hydrogen-bond acceptors (Lipinski definition) is 2. The fourth-order valence-electron chi connectivity index (χ4n) is 3.06. The monoisotopic (exact) mass is 233 g/mol. The highest BCUT2D eigenvalue weighted by Gasteiger charge is 2.36. The largest absolute Gasteiger partial charge is 0.392 e. The lowest BCUT2D eigenvalue weighted by Crippen LogP contribution is -2.50. The minimum atomic E-state index is -0.296. The van der Waals surface area contributed by atoms with Crippen molar-refractivity contribution < 1.29 is 5.11 Å². The van der Waals surface area contributed by atoms with Crippen LogP contribution in [-0.4, -0.2) is 23.3 Å². The van der Waals surface area contributed by atoms with E-state index in [1.54, 1.807) is 0 Å². The van der Waals surface area contributed by atoms with Gasteiger partial charge in [-0.25, -0.2) is 0 Å². The second kappa shape index (κ2) is 4.34. The maximum Gasteiger partial charge on any atom is 0.0687 e. The van der Waals surface area contributed by atoms with Crippen LogP contribution in [0.15, 0.2) is 24.3 Å². The van der Waals surface area contributed by atoms with E-state index in [4.69, 9.17) is 0 Å². The van der Waals surface area contributed by atoms with Gasteiger partial charge in [-0.05, 0) is 44.7 Å². The molecule has 2 nitrogen and oxygen atoms in total. The molecule has 1 N–H and O–H groups in total. The van der Waals surface area contributed by atoms with E-state index in [2.05, 4.69) is 49.9 Å². The number of nitrogens with zero attached hydrogens (tertiary/aromatic N) is 1. The van der Waals surface area contributed by atoms with Gasteiger partial charge in [0.2, 0.25) is 0 Å². The summed E-state index contributed by atoms with van der Waals surface area (Å²) >= 11 is 0. The molecule has 1 heterocycles. The van der Waals surface area contributed by atoms with Crippen LogP contribution in [0.2, 0.25) is 0 Å². The van der Waals surface area contributed by atoms with Gasteiger partial charge in [-0.3, -0.25) is 0 Å². The maximum atomic E-state index is 9.69. The van der Waals surface area contributed by atoms with Crippen molar-refractivity contribution in [2.75, 3.05) is 11.4 Å². The van der Waals surface area contributed by atoms with Gasteiger partial charge in [0, 0.05) is 17.8 Å². The molecule has 17 heavy (non-hydrogen) atoms. The van der Waals surface area contributed by atoms with Crippen LogP contribution in [0.1, 0.15) is 45.6 Å². The van der Waals surface area contributed by atoms with Gasteiger partial charge in [0.25, 0.3) is 0 Å². The molecule has 2 heteroatoms. The van der Waals surface area contributed by atoms with Crippen molar-refractivity contribution in [1.82, 2.24) is 0 Å². The Morgan fingerprint density at radius 2 is 2.06 bits per heavy atom. The number of anilines is 1. The molecular weight excluding hydrogens is 210 g/mol. The molecule has 0 saturated heterocycles. The summed E-state index contributed by atoms with van der Waals surface area (Å²) in [5.74, 6) is 0.589. The molecule has 2 rings (SSSR count). The summed E-state index contributed by atoms with van der Waals surface area (Å²) in [5.41, 5.74) is 2.81. The quantitative estimate of drug-likeness (QED) is 0.848. The smallest absolute Gasteiger partial charge is 0.0687 e. The van der Waals surface area contributed by atoms with Crippen LogP contribution in [0.3, 0.4) is 0 Å². The van der Waals surface area contributed by atoms with E-state index in [1.807, 2.05) is 6.92 Å². The fraction of sp³-hybridized carbons (Fsp3) is 0.600. The molecule has 1 aliphatic rings. The standard InChI is InChI=1S/C15H23NO/c1-11-9-15(3,4)16(10-12(2)17)14-8-6-5-7-13(11)14/h5-8,11-12,17H,9-10H2,1-4H3. The summed E-state index contributed by atoms with van der Waals surface area (Å²) in [6, 6.07) is 8.58. The lowest BCUT2D eigenvalue weighted by Gasteiger charge is -2.48. The fourth-order valence-corrected chi connectivity index (χ4v) is 3.06. The van der Waals surface area contributed by atoms with Gasteiger partial charge in [0.05, 0.1) is 6.10 Å². The van der Waals surface area contributed by atoms with Crippen LogP contribution < -0.4 is 4.90 Å². The minimum Gasteiger partial charge on any atom is -0.392 e. The molecule has 2 unspecified atom stereocenters. The molecule has 0 aromatic heterocycles. The van der Waals surface area contributed by atoms with E-state index < -0.39 is 0 Å². The minimum absolute atomic E-state index is 0.116. The van der Waals surface area contributed by atoms with Crippen LogP contribution in [0.4, 0.5) is 5.69 Å². The first-order valence-corrected chi connectivity index (χ1v) is 6.46. The average Bonchev–Trinajstić information content (AvgIpc) is 2.23. The molecule has 0 amide bonds. The first-order chi connectivity index (χ1) is 7.92. The zero-order valence-corrected chi connectivity index (χ0v) is 11.3. The zero-order valence-electron chi connectivity index (χ0n) is 11.3. The molecule has 2 atom stereocenters. The van der Waals surface area contributed by atoms with E-state index in [0.29, 0.717) is 12.5 Å². The first-order valence-electron chi connectivity index (χ1n) is 6.46. The Bertz CT molecular complexity index is 398. The highest BCUT2D eigenvalue weighted by molar-refractivity contribution is 5.59. The van der Waals surface area contributed by atoms with Crippen LogP contribution in [0.5, 0.6) is 0 Å². The van der Waals surface area contributed by atoms with Gasteiger partial charge in [0.15, 0.2) is 0 Å². The summed E-state index contributed by atoms with van der Waals surface area (Å²) in [6.07, 6.45) is 0.840. The van der Waals surface area contributed by atoms with E-state index in [-0.39, 0.29) is 11.6 Å². The lowest BCUT2D eigenvalue weighted by atomic mass is 9.80. The van der Waals surface area contributed by atoms with Crippen LogP contribution >= 0.6 is 0 Å². The molecule has 0 radical (unpaired) electrons. The van der Waals surface area contributed by atoms with Crippen LogP contribution in [0.25, 0.3) is 0 Å². The Kier molecular flexibility index (Phi) is 3.17. The van der Waals surface area contributed by atoms with Gasteiger partial charge >= 0.3 is 0 Å². The van der Waals surface area contributed by atoms with Crippen molar-refractivity contribution in [2.45, 2.75) is 51.7 Å². The summed E-state index contributed by atoms with van der Waals surface area (Å²) in [6.45, 7) is 9.39. The van der Waals surface area contributed by atoms with Crippen molar-refractivity contribution in [3.63, 3.8) is 0 Å². The van der Waals surface area contributed by atoms with Crippen molar-refractivity contribution in [3.05, 3.63) is 29.8 Å². The number of rotatable bonds is 2. The predicted octanol–water partition coefficient (Wildman–Crippen LogP) is 3.16. The third-order valence-corrected chi connectivity index (χ3v) is 3.74. The molecule has 0 bridgehead atoms. The van der Waals surface area contributed by atoms with Gasteiger partial charge in [-0.15, -0.1) is 0 Å². The van der Waals surface area contributed by atoms with E-state index in [0.717, 1.165) is 6.42 Å². The van der Waals surface area contributed by atoms with E-state index in [1.165, 1.54) is 11.3 Å². The highest BCUT2D eigenvalue weighted by atomic mass is 16.3. The molecule has 94 valence electrons. The Morgan fingerprint density at radius 1 is 1.41 bits per heavy atom. The van der Waals surface area contributed by atoms with Gasteiger partial charge in [0.1, 0.15) is 0 Å². The third-order valence-electron chi connectivity index (χ3n) is 3.74. The second-order valence-electron chi connectivity index (χ2n) is 5.94.